The topological polar surface area (TPSA) is 49.8 Å². The summed E-state index contributed by atoms with van der Waals surface area (Å²) in [5.74, 6) is -0.627. The van der Waals surface area contributed by atoms with Gasteiger partial charge < -0.3 is 9.84 Å². The van der Waals surface area contributed by atoms with Crippen LogP contribution in [0.1, 0.15) is 45.4 Å². The molecule has 0 aromatic heterocycles. The highest BCUT2D eigenvalue weighted by Gasteiger charge is 2.47. The van der Waals surface area contributed by atoms with Crippen molar-refractivity contribution in [2.75, 3.05) is 19.8 Å². The van der Waals surface area contributed by atoms with E-state index in [0.29, 0.717) is 13.2 Å². The summed E-state index contributed by atoms with van der Waals surface area (Å²) in [6.45, 7) is 4.24. The molecule has 4 nitrogen and oxygen atoms in total. The number of carboxylic acid groups (broad SMARTS) is 1. The summed E-state index contributed by atoms with van der Waals surface area (Å²) in [5.41, 5.74) is -0.608. The first-order chi connectivity index (χ1) is 8.20. The zero-order valence-corrected chi connectivity index (χ0v) is 10.7. The van der Waals surface area contributed by atoms with Crippen molar-refractivity contribution in [1.29, 1.82) is 0 Å². The third-order valence-corrected chi connectivity index (χ3v) is 4.33. The van der Waals surface area contributed by atoms with E-state index in [1.807, 2.05) is 0 Å². The van der Waals surface area contributed by atoms with Crippen LogP contribution in [0.2, 0.25) is 0 Å². The SMILES string of the molecule is CCC1COCCN1C1(C(=O)O)CCCCC1. The number of aliphatic carboxylic acids is 1. The molecule has 1 aliphatic carbocycles. The Hall–Kier alpha value is -0.610. The Labute approximate surface area is 103 Å². The molecule has 1 unspecified atom stereocenters. The van der Waals surface area contributed by atoms with Crippen LogP contribution in [-0.4, -0.2) is 47.3 Å². The normalized spacial score (nSPS) is 30.1. The van der Waals surface area contributed by atoms with Crippen LogP contribution in [0.4, 0.5) is 0 Å². The highest BCUT2D eigenvalue weighted by molar-refractivity contribution is 5.79. The zero-order valence-electron chi connectivity index (χ0n) is 10.7. The Morgan fingerprint density at radius 2 is 2.12 bits per heavy atom. The van der Waals surface area contributed by atoms with Crippen molar-refractivity contribution in [1.82, 2.24) is 4.90 Å². The van der Waals surface area contributed by atoms with Crippen LogP contribution in [-0.2, 0) is 9.53 Å². The summed E-state index contributed by atoms with van der Waals surface area (Å²) in [6.07, 6.45) is 5.84. The Morgan fingerprint density at radius 1 is 1.41 bits per heavy atom. The number of ether oxygens (including phenoxy) is 1. The van der Waals surface area contributed by atoms with E-state index in [9.17, 15) is 9.90 Å². The zero-order chi connectivity index (χ0) is 12.3. The first kappa shape index (κ1) is 12.8. The van der Waals surface area contributed by atoms with Gasteiger partial charge in [-0.3, -0.25) is 9.69 Å². The van der Waals surface area contributed by atoms with Gasteiger partial charge in [0.15, 0.2) is 0 Å². The summed E-state index contributed by atoms with van der Waals surface area (Å²) in [4.78, 5) is 14.0. The minimum atomic E-state index is -0.627. The number of rotatable bonds is 3. The lowest BCUT2D eigenvalue weighted by Gasteiger charge is -2.48. The number of carboxylic acids is 1. The molecule has 1 atom stereocenters. The second kappa shape index (κ2) is 5.36. The van der Waals surface area contributed by atoms with Gasteiger partial charge in [0.25, 0.3) is 0 Å². The minimum Gasteiger partial charge on any atom is -0.480 e. The van der Waals surface area contributed by atoms with Gasteiger partial charge in [-0.1, -0.05) is 26.2 Å². The third kappa shape index (κ3) is 2.33. The maximum Gasteiger partial charge on any atom is 0.324 e. The summed E-state index contributed by atoms with van der Waals surface area (Å²) in [5, 5.41) is 9.67. The van der Waals surface area contributed by atoms with E-state index in [4.69, 9.17) is 4.74 Å². The molecule has 2 aliphatic rings. The van der Waals surface area contributed by atoms with Crippen molar-refractivity contribution in [3.63, 3.8) is 0 Å². The molecule has 0 aromatic rings. The molecular formula is C13H23NO3. The van der Waals surface area contributed by atoms with E-state index in [0.717, 1.165) is 38.6 Å². The Balaban J connectivity index is 2.21. The number of morpholine rings is 1. The molecule has 98 valence electrons. The van der Waals surface area contributed by atoms with E-state index in [-0.39, 0.29) is 6.04 Å². The van der Waals surface area contributed by atoms with E-state index < -0.39 is 11.5 Å². The van der Waals surface area contributed by atoms with Gasteiger partial charge in [0.2, 0.25) is 0 Å². The van der Waals surface area contributed by atoms with Gasteiger partial charge in [-0.05, 0) is 19.3 Å². The Bertz CT molecular complexity index is 274. The highest BCUT2D eigenvalue weighted by Crippen LogP contribution is 2.36. The molecule has 1 N–H and O–H groups in total. The summed E-state index contributed by atoms with van der Waals surface area (Å²) >= 11 is 0. The Kier molecular flexibility index (Phi) is 4.05. The standard InChI is InChI=1S/C13H23NO3/c1-2-11-10-17-9-8-14(11)13(12(15)16)6-4-3-5-7-13/h11H,2-10H2,1H3,(H,15,16). The molecule has 2 rings (SSSR count). The lowest BCUT2D eigenvalue weighted by Crippen LogP contribution is -2.62. The monoisotopic (exact) mass is 241 g/mol. The van der Waals surface area contributed by atoms with Gasteiger partial charge in [0.1, 0.15) is 5.54 Å². The molecule has 0 radical (unpaired) electrons. The van der Waals surface area contributed by atoms with Gasteiger partial charge in [0, 0.05) is 12.6 Å². The molecule has 0 aromatic carbocycles. The lowest BCUT2D eigenvalue weighted by atomic mass is 9.79. The average Bonchev–Trinajstić information content (AvgIpc) is 2.39. The van der Waals surface area contributed by atoms with E-state index in [1.54, 1.807) is 0 Å². The fourth-order valence-electron chi connectivity index (χ4n) is 3.32. The van der Waals surface area contributed by atoms with E-state index in [1.165, 1.54) is 6.42 Å². The number of nitrogens with zero attached hydrogens (tertiary/aromatic N) is 1. The molecule has 1 saturated carbocycles. The van der Waals surface area contributed by atoms with Crippen molar-refractivity contribution >= 4 is 5.97 Å². The predicted octanol–water partition coefficient (Wildman–Crippen LogP) is 1.88. The first-order valence-electron chi connectivity index (χ1n) is 6.78. The van der Waals surface area contributed by atoms with Crippen LogP contribution in [0.25, 0.3) is 0 Å². The molecule has 0 bridgehead atoms. The smallest absolute Gasteiger partial charge is 0.324 e. The van der Waals surface area contributed by atoms with Gasteiger partial charge in [-0.2, -0.15) is 0 Å². The molecular weight excluding hydrogens is 218 g/mol. The van der Waals surface area contributed by atoms with Gasteiger partial charge >= 0.3 is 5.97 Å². The Morgan fingerprint density at radius 3 is 2.71 bits per heavy atom. The van der Waals surface area contributed by atoms with Gasteiger partial charge in [-0.15, -0.1) is 0 Å². The molecule has 0 amide bonds. The fraction of sp³-hybridized carbons (Fsp3) is 0.923. The molecule has 0 spiro atoms. The lowest BCUT2D eigenvalue weighted by molar-refractivity contribution is -0.163. The van der Waals surface area contributed by atoms with Crippen molar-refractivity contribution in [2.45, 2.75) is 57.0 Å². The van der Waals surface area contributed by atoms with Crippen LogP contribution in [0.15, 0.2) is 0 Å². The van der Waals surface area contributed by atoms with Crippen molar-refractivity contribution in [3.8, 4) is 0 Å². The van der Waals surface area contributed by atoms with Crippen LogP contribution < -0.4 is 0 Å². The predicted molar refractivity (Wildman–Crippen MR) is 65.1 cm³/mol. The quantitative estimate of drug-likeness (QED) is 0.819. The summed E-state index contributed by atoms with van der Waals surface area (Å²) in [7, 11) is 0. The average molecular weight is 241 g/mol. The van der Waals surface area contributed by atoms with Crippen molar-refractivity contribution in [3.05, 3.63) is 0 Å². The van der Waals surface area contributed by atoms with Crippen molar-refractivity contribution in [2.24, 2.45) is 0 Å². The third-order valence-electron chi connectivity index (χ3n) is 4.33. The molecule has 1 heterocycles. The van der Waals surface area contributed by atoms with E-state index in [2.05, 4.69) is 11.8 Å². The summed E-state index contributed by atoms with van der Waals surface area (Å²) in [6, 6.07) is 0.276. The summed E-state index contributed by atoms with van der Waals surface area (Å²) < 4.78 is 5.48. The number of hydrogen-bond donors (Lipinski definition) is 1. The molecule has 17 heavy (non-hydrogen) atoms. The highest BCUT2D eigenvalue weighted by atomic mass is 16.5. The van der Waals surface area contributed by atoms with E-state index >= 15 is 0 Å². The van der Waals surface area contributed by atoms with Crippen LogP contribution in [0.5, 0.6) is 0 Å². The fourth-order valence-corrected chi connectivity index (χ4v) is 3.32. The number of carbonyl (C=O) groups is 1. The van der Waals surface area contributed by atoms with Crippen LogP contribution in [0.3, 0.4) is 0 Å². The molecule has 2 fully saturated rings. The molecule has 4 heteroatoms. The molecule has 1 aliphatic heterocycles. The minimum absolute atomic E-state index is 0.276. The van der Waals surface area contributed by atoms with Crippen LogP contribution in [0, 0.1) is 0 Å². The molecule has 1 saturated heterocycles. The second-order valence-corrected chi connectivity index (χ2v) is 5.23. The largest absolute Gasteiger partial charge is 0.480 e. The maximum atomic E-state index is 11.8. The second-order valence-electron chi connectivity index (χ2n) is 5.23. The van der Waals surface area contributed by atoms with Gasteiger partial charge in [0.05, 0.1) is 13.2 Å². The van der Waals surface area contributed by atoms with Crippen LogP contribution >= 0.6 is 0 Å². The number of hydrogen-bond acceptors (Lipinski definition) is 3. The van der Waals surface area contributed by atoms with Gasteiger partial charge in [-0.25, -0.2) is 0 Å². The van der Waals surface area contributed by atoms with Crippen molar-refractivity contribution < 1.29 is 14.6 Å². The maximum absolute atomic E-state index is 11.8. The first-order valence-corrected chi connectivity index (χ1v) is 6.78.